The molecule has 1 heterocycles. The van der Waals surface area contributed by atoms with Crippen LogP contribution in [0.5, 0.6) is 0 Å². The Morgan fingerprint density at radius 2 is 1.94 bits per heavy atom. The van der Waals surface area contributed by atoms with Crippen LogP contribution < -0.4 is 5.32 Å². The second-order valence-corrected chi connectivity index (χ2v) is 3.59. The van der Waals surface area contributed by atoms with Crippen LogP contribution in [-0.4, -0.2) is 56.9 Å². The quantitative estimate of drug-likeness (QED) is 0.379. The number of carboxylic acids is 1. The van der Waals surface area contributed by atoms with Crippen LogP contribution in [0.4, 0.5) is 0 Å². The summed E-state index contributed by atoms with van der Waals surface area (Å²) in [6.07, 6.45) is 0. The Kier molecular flexibility index (Phi) is 4.58. The minimum atomic E-state index is -1.24. The third kappa shape index (κ3) is 3.24. The highest BCUT2D eigenvalue weighted by molar-refractivity contribution is 5.85. The van der Waals surface area contributed by atoms with E-state index >= 15 is 0 Å². The normalized spacial score (nSPS) is 11.7. The van der Waals surface area contributed by atoms with Crippen molar-refractivity contribution >= 4 is 5.97 Å². The van der Waals surface area contributed by atoms with Gasteiger partial charge < -0.3 is 24.9 Å². The number of nitrogens with zero attached hydrogens (tertiary/aromatic N) is 1. The van der Waals surface area contributed by atoms with E-state index in [1.165, 1.54) is 6.07 Å². The predicted molar refractivity (Wildman–Crippen MR) is 54.3 cm³/mol. The van der Waals surface area contributed by atoms with E-state index in [2.05, 4.69) is 10.5 Å². The van der Waals surface area contributed by atoms with Crippen molar-refractivity contribution in [2.24, 2.45) is 0 Å². The van der Waals surface area contributed by atoms with E-state index in [-0.39, 0.29) is 18.0 Å². The van der Waals surface area contributed by atoms with E-state index in [0.29, 0.717) is 0 Å². The first kappa shape index (κ1) is 13.6. The smallest absolute Gasteiger partial charge is 0.358 e. The van der Waals surface area contributed by atoms with Gasteiger partial charge in [0.05, 0.1) is 31.9 Å². The number of carbonyl (C=O) groups is 1. The highest BCUT2D eigenvalue weighted by Gasteiger charge is 2.27. The van der Waals surface area contributed by atoms with Crippen LogP contribution >= 0.6 is 0 Å². The molecular weight excluding hydrogens is 232 g/mol. The Hall–Kier alpha value is -1.48. The number of aromatic nitrogens is 1. The number of aliphatic hydroxyl groups excluding tert-OH is 3. The van der Waals surface area contributed by atoms with Crippen LogP contribution in [0.15, 0.2) is 10.6 Å². The molecule has 0 aliphatic heterocycles. The maximum Gasteiger partial charge on any atom is 0.358 e. The largest absolute Gasteiger partial charge is 0.476 e. The SMILES string of the molecule is O=C(O)c1cc(CNC(CO)(CO)CO)on1. The summed E-state index contributed by atoms with van der Waals surface area (Å²) in [7, 11) is 0. The molecule has 0 unspecified atom stereocenters. The number of aromatic carboxylic acids is 1. The fourth-order valence-corrected chi connectivity index (χ4v) is 1.09. The Balaban J connectivity index is 2.62. The van der Waals surface area contributed by atoms with E-state index < -0.39 is 31.3 Å². The second kappa shape index (κ2) is 5.73. The van der Waals surface area contributed by atoms with Crippen molar-refractivity contribution in [1.29, 1.82) is 0 Å². The highest BCUT2D eigenvalue weighted by atomic mass is 16.5. The van der Waals surface area contributed by atoms with Crippen LogP contribution in [0, 0.1) is 0 Å². The lowest BCUT2D eigenvalue weighted by atomic mass is 10.0. The standard InChI is InChI=1S/C9H14N2O6/c12-3-9(4-13,5-14)10-2-6-1-7(8(15)16)11-17-6/h1,10,12-14H,2-5H2,(H,15,16). The molecule has 1 aromatic rings. The first-order valence-electron chi connectivity index (χ1n) is 4.83. The van der Waals surface area contributed by atoms with Crippen molar-refractivity contribution in [3.63, 3.8) is 0 Å². The van der Waals surface area contributed by atoms with E-state index in [1.54, 1.807) is 0 Å². The molecule has 8 heteroatoms. The number of nitrogens with one attached hydrogen (secondary N) is 1. The molecule has 0 fully saturated rings. The monoisotopic (exact) mass is 246 g/mol. The molecule has 1 aromatic heterocycles. The Labute approximate surface area is 96.5 Å². The molecule has 0 aliphatic rings. The van der Waals surface area contributed by atoms with Crippen LogP contribution in [0.2, 0.25) is 0 Å². The summed E-state index contributed by atoms with van der Waals surface area (Å²) in [4.78, 5) is 10.5. The van der Waals surface area contributed by atoms with Gasteiger partial charge in [0, 0.05) is 6.07 Å². The summed E-state index contributed by atoms with van der Waals surface area (Å²) in [5.74, 6) is -0.986. The van der Waals surface area contributed by atoms with E-state index in [1.807, 2.05) is 0 Å². The molecule has 0 saturated carbocycles. The summed E-state index contributed by atoms with van der Waals surface area (Å²) in [5.41, 5.74) is -1.47. The van der Waals surface area contributed by atoms with Crippen molar-refractivity contribution in [3.05, 3.63) is 17.5 Å². The fraction of sp³-hybridized carbons (Fsp3) is 0.556. The highest BCUT2D eigenvalue weighted by Crippen LogP contribution is 2.07. The lowest BCUT2D eigenvalue weighted by molar-refractivity contribution is 0.0398. The third-order valence-electron chi connectivity index (χ3n) is 2.32. The van der Waals surface area contributed by atoms with Crippen LogP contribution in [-0.2, 0) is 6.54 Å². The minimum Gasteiger partial charge on any atom is -0.476 e. The average Bonchev–Trinajstić information content (AvgIpc) is 2.81. The molecule has 8 nitrogen and oxygen atoms in total. The van der Waals surface area contributed by atoms with Gasteiger partial charge in [0.15, 0.2) is 11.5 Å². The molecular formula is C9H14N2O6. The molecule has 96 valence electrons. The lowest BCUT2D eigenvalue weighted by Gasteiger charge is -2.28. The molecule has 0 bridgehead atoms. The van der Waals surface area contributed by atoms with Gasteiger partial charge in [0.1, 0.15) is 0 Å². The zero-order valence-corrected chi connectivity index (χ0v) is 8.96. The summed E-state index contributed by atoms with van der Waals surface area (Å²) < 4.78 is 4.72. The van der Waals surface area contributed by atoms with Gasteiger partial charge in [-0.15, -0.1) is 0 Å². The molecule has 0 amide bonds. The van der Waals surface area contributed by atoms with Gasteiger partial charge >= 0.3 is 5.97 Å². The van der Waals surface area contributed by atoms with E-state index in [0.717, 1.165) is 0 Å². The Morgan fingerprint density at radius 1 is 1.35 bits per heavy atom. The van der Waals surface area contributed by atoms with Gasteiger partial charge in [0.2, 0.25) is 0 Å². The van der Waals surface area contributed by atoms with Crippen molar-refractivity contribution in [1.82, 2.24) is 10.5 Å². The van der Waals surface area contributed by atoms with Crippen molar-refractivity contribution in [2.75, 3.05) is 19.8 Å². The maximum atomic E-state index is 10.5. The second-order valence-electron chi connectivity index (χ2n) is 3.59. The minimum absolute atomic E-state index is 0.0297. The van der Waals surface area contributed by atoms with Gasteiger partial charge in [0.25, 0.3) is 0 Å². The molecule has 0 spiro atoms. The zero-order chi connectivity index (χ0) is 12.9. The number of aliphatic hydroxyl groups is 3. The molecule has 0 aromatic carbocycles. The fourth-order valence-electron chi connectivity index (χ4n) is 1.09. The van der Waals surface area contributed by atoms with Crippen LogP contribution in [0.1, 0.15) is 16.2 Å². The van der Waals surface area contributed by atoms with Gasteiger partial charge in [-0.1, -0.05) is 5.16 Å². The van der Waals surface area contributed by atoms with Crippen molar-refractivity contribution < 1.29 is 29.7 Å². The predicted octanol–water partition coefficient (Wildman–Crippen LogP) is -1.82. The van der Waals surface area contributed by atoms with Gasteiger partial charge in [-0.05, 0) is 0 Å². The Bertz CT molecular complexity index is 365. The number of hydrogen-bond acceptors (Lipinski definition) is 7. The molecule has 0 atom stereocenters. The summed E-state index contributed by atoms with van der Waals surface area (Å²) in [6, 6.07) is 1.21. The molecule has 17 heavy (non-hydrogen) atoms. The van der Waals surface area contributed by atoms with E-state index in [4.69, 9.17) is 24.9 Å². The topological polar surface area (TPSA) is 136 Å². The Morgan fingerprint density at radius 3 is 2.35 bits per heavy atom. The van der Waals surface area contributed by atoms with Gasteiger partial charge in [-0.25, -0.2) is 4.79 Å². The van der Waals surface area contributed by atoms with Crippen LogP contribution in [0.3, 0.4) is 0 Å². The van der Waals surface area contributed by atoms with Crippen LogP contribution in [0.25, 0.3) is 0 Å². The number of rotatable bonds is 7. The molecule has 1 rings (SSSR count). The summed E-state index contributed by atoms with van der Waals surface area (Å²) in [6.45, 7) is -1.39. The summed E-state index contributed by atoms with van der Waals surface area (Å²) >= 11 is 0. The molecule has 5 N–H and O–H groups in total. The van der Waals surface area contributed by atoms with Gasteiger partial charge in [-0.2, -0.15) is 0 Å². The van der Waals surface area contributed by atoms with Crippen molar-refractivity contribution in [3.8, 4) is 0 Å². The zero-order valence-electron chi connectivity index (χ0n) is 8.96. The molecule has 0 radical (unpaired) electrons. The lowest BCUT2D eigenvalue weighted by Crippen LogP contribution is -2.54. The number of carboxylic acid groups (broad SMARTS) is 1. The first-order valence-corrected chi connectivity index (χ1v) is 4.83. The van der Waals surface area contributed by atoms with Crippen molar-refractivity contribution in [2.45, 2.75) is 12.1 Å². The van der Waals surface area contributed by atoms with Gasteiger partial charge in [-0.3, -0.25) is 5.32 Å². The van der Waals surface area contributed by atoms with E-state index in [9.17, 15) is 4.79 Å². The maximum absolute atomic E-state index is 10.5. The third-order valence-corrected chi connectivity index (χ3v) is 2.32. The number of hydrogen-bond donors (Lipinski definition) is 5. The first-order chi connectivity index (χ1) is 8.06. The molecule has 0 aliphatic carbocycles. The average molecular weight is 246 g/mol. The molecule has 0 saturated heterocycles. The summed E-state index contributed by atoms with van der Waals surface area (Å²) in [5, 5.41) is 41.6.